The Morgan fingerprint density at radius 2 is 2.20 bits per heavy atom. The standard InChI is InChI=1S/C14H24N4O.HI/c1-3-15-14(18-10-12(2)11-19)17-9-7-13-6-4-5-8-16-13;/h4-6,8,12,19H,3,7,9-11H2,1-2H3,(H2,15,17,18);1H. The quantitative estimate of drug-likeness (QED) is 0.373. The Balaban J connectivity index is 0.00000361. The van der Waals surface area contributed by atoms with Crippen LogP contribution in [0.15, 0.2) is 29.4 Å². The first-order valence-corrected chi connectivity index (χ1v) is 6.79. The van der Waals surface area contributed by atoms with Gasteiger partial charge in [-0.2, -0.15) is 0 Å². The Labute approximate surface area is 138 Å². The molecule has 114 valence electrons. The Morgan fingerprint density at radius 1 is 1.40 bits per heavy atom. The van der Waals surface area contributed by atoms with Gasteiger partial charge in [0.2, 0.25) is 0 Å². The van der Waals surface area contributed by atoms with E-state index < -0.39 is 0 Å². The summed E-state index contributed by atoms with van der Waals surface area (Å²) in [5.74, 6) is 0.977. The highest BCUT2D eigenvalue weighted by atomic mass is 127. The lowest BCUT2D eigenvalue weighted by molar-refractivity contribution is 0.241. The first-order chi connectivity index (χ1) is 9.26. The van der Waals surface area contributed by atoms with Crippen LogP contribution in [0.2, 0.25) is 0 Å². The zero-order valence-electron chi connectivity index (χ0n) is 12.2. The first kappa shape index (κ1) is 19.1. The van der Waals surface area contributed by atoms with Gasteiger partial charge < -0.3 is 15.7 Å². The van der Waals surface area contributed by atoms with Gasteiger partial charge in [-0.25, -0.2) is 0 Å². The fourth-order valence-corrected chi connectivity index (χ4v) is 1.50. The highest BCUT2D eigenvalue weighted by Gasteiger charge is 2.01. The molecule has 6 heteroatoms. The first-order valence-electron chi connectivity index (χ1n) is 6.79. The molecule has 0 saturated carbocycles. The fraction of sp³-hybridized carbons (Fsp3) is 0.571. The van der Waals surface area contributed by atoms with E-state index in [1.807, 2.05) is 32.0 Å². The second-order valence-corrected chi connectivity index (χ2v) is 4.51. The molecule has 0 fully saturated rings. The van der Waals surface area contributed by atoms with E-state index in [1.54, 1.807) is 6.20 Å². The van der Waals surface area contributed by atoms with Crippen molar-refractivity contribution in [2.45, 2.75) is 20.3 Å². The molecule has 1 unspecified atom stereocenters. The van der Waals surface area contributed by atoms with Crippen molar-refractivity contribution in [3.63, 3.8) is 0 Å². The third-order valence-electron chi connectivity index (χ3n) is 2.62. The minimum Gasteiger partial charge on any atom is -0.396 e. The van der Waals surface area contributed by atoms with Gasteiger partial charge in [0.15, 0.2) is 5.96 Å². The third kappa shape index (κ3) is 8.31. The van der Waals surface area contributed by atoms with E-state index in [2.05, 4.69) is 20.6 Å². The molecule has 5 nitrogen and oxygen atoms in total. The van der Waals surface area contributed by atoms with Crippen molar-refractivity contribution in [3.8, 4) is 0 Å². The maximum atomic E-state index is 8.98. The van der Waals surface area contributed by atoms with Crippen LogP contribution < -0.4 is 10.6 Å². The summed E-state index contributed by atoms with van der Waals surface area (Å²) in [5.41, 5.74) is 1.06. The summed E-state index contributed by atoms with van der Waals surface area (Å²) in [6.45, 7) is 6.40. The smallest absolute Gasteiger partial charge is 0.191 e. The van der Waals surface area contributed by atoms with Crippen molar-refractivity contribution >= 4 is 29.9 Å². The summed E-state index contributed by atoms with van der Waals surface area (Å²) >= 11 is 0. The van der Waals surface area contributed by atoms with E-state index in [-0.39, 0.29) is 36.5 Å². The monoisotopic (exact) mass is 392 g/mol. The molecule has 0 spiro atoms. The van der Waals surface area contributed by atoms with Crippen LogP contribution in [0.25, 0.3) is 0 Å². The van der Waals surface area contributed by atoms with E-state index in [0.29, 0.717) is 6.54 Å². The zero-order chi connectivity index (χ0) is 13.9. The average Bonchev–Trinajstić information content (AvgIpc) is 2.45. The van der Waals surface area contributed by atoms with E-state index in [9.17, 15) is 0 Å². The molecule has 1 heterocycles. The molecule has 1 aromatic rings. The van der Waals surface area contributed by atoms with Crippen LogP contribution >= 0.6 is 24.0 Å². The molecule has 0 aromatic carbocycles. The van der Waals surface area contributed by atoms with Gasteiger partial charge in [-0.15, -0.1) is 24.0 Å². The zero-order valence-corrected chi connectivity index (χ0v) is 14.5. The second kappa shape index (κ2) is 11.9. The van der Waals surface area contributed by atoms with Crippen molar-refractivity contribution in [3.05, 3.63) is 30.1 Å². The largest absolute Gasteiger partial charge is 0.396 e. The molecule has 0 aliphatic carbocycles. The lowest BCUT2D eigenvalue weighted by Gasteiger charge is -2.12. The lowest BCUT2D eigenvalue weighted by Crippen LogP contribution is -2.38. The van der Waals surface area contributed by atoms with E-state index in [4.69, 9.17) is 5.11 Å². The number of aromatic nitrogens is 1. The predicted octanol–water partition coefficient (Wildman–Crippen LogP) is 1.43. The molecule has 0 amide bonds. The maximum absolute atomic E-state index is 8.98. The number of nitrogens with one attached hydrogen (secondary N) is 2. The van der Waals surface area contributed by atoms with Crippen LogP contribution in [0.5, 0.6) is 0 Å². The van der Waals surface area contributed by atoms with Crippen molar-refractivity contribution in [1.29, 1.82) is 0 Å². The Bertz CT molecular complexity index is 373. The molecule has 0 aliphatic heterocycles. The van der Waals surface area contributed by atoms with Crippen molar-refractivity contribution < 1.29 is 5.11 Å². The van der Waals surface area contributed by atoms with E-state index >= 15 is 0 Å². The number of aliphatic imine (C=N–C) groups is 1. The summed E-state index contributed by atoms with van der Waals surface area (Å²) in [4.78, 5) is 8.71. The van der Waals surface area contributed by atoms with Crippen LogP contribution in [0.1, 0.15) is 19.5 Å². The third-order valence-corrected chi connectivity index (χ3v) is 2.62. The van der Waals surface area contributed by atoms with Crippen LogP contribution in [0.4, 0.5) is 0 Å². The number of halogens is 1. The molecule has 0 bridgehead atoms. The van der Waals surface area contributed by atoms with Gasteiger partial charge in [-0.05, 0) is 25.0 Å². The Morgan fingerprint density at radius 3 is 2.80 bits per heavy atom. The molecule has 0 radical (unpaired) electrons. The lowest BCUT2D eigenvalue weighted by atomic mass is 10.2. The number of nitrogens with zero attached hydrogens (tertiary/aromatic N) is 2. The average molecular weight is 392 g/mol. The highest BCUT2D eigenvalue weighted by molar-refractivity contribution is 14.0. The van der Waals surface area contributed by atoms with Crippen molar-refractivity contribution in [2.24, 2.45) is 10.9 Å². The van der Waals surface area contributed by atoms with Crippen LogP contribution in [-0.2, 0) is 6.42 Å². The predicted molar refractivity (Wildman–Crippen MR) is 93.6 cm³/mol. The topological polar surface area (TPSA) is 69.5 Å². The summed E-state index contributed by atoms with van der Waals surface area (Å²) in [5, 5.41) is 15.4. The number of hydrogen-bond donors (Lipinski definition) is 3. The van der Waals surface area contributed by atoms with Gasteiger partial charge in [0.1, 0.15) is 0 Å². The van der Waals surface area contributed by atoms with Gasteiger partial charge in [-0.1, -0.05) is 13.0 Å². The Kier molecular flexibility index (Phi) is 11.4. The SMILES string of the molecule is CCNC(=NCC(C)CO)NCCc1ccccn1.I. The number of aliphatic hydroxyl groups is 1. The highest BCUT2D eigenvalue weighted by Crippen LogP contribution is 1.94. The fourth-order valence-electron chi connectivity index (χ4n) is 1.50. The Hall–Kier alpha value is -0.890. The maximum Gasteiger partial charge on any atom is 0.191 e. The number of pyridine rings is 1. The van der Waals surface area contributed by atoms with Gasteiger partial charge in [0.05, 0.1) is 0 Å². The second-order valence-electron chi connectivity index (χ2n) is 4.51. The molecule has 1 atom stereocenters. The van der Waals surface area contributed by atoms with Gasteiger partial charge >= 0.3 is 0 Å². The summed E-state index contributed by atoms with van der Waals surface area (Å²) in [6, 6.07) is 5.92. The number of hydrogen-bond acceptors (Lipinski definition) is 3. The van der Waals surface area contributed by atoms with Gasteiger partial charge in [0, 0.05) is 44.6 Å². The van der Waals surface area contributed by atoms with E-state index in [0.717, 1.165) is 31.2 Å². The molecular formula is C14H25IN4O. The molecule has 20 heavy (non-hydrogen) atoms. The molecule has 1 aromatic heterocycles. The van der Waals surface area contributed by atoms with Crippen molar-refractivity contribution in [2.75, 3.05) is 26.2 Å². The minimum absolute atomic E-state index is 0. The minimum atomic E-state index is 0. The number of rotatable bonds is 7. The molecule has 3 N–H and O–H groups in total. The summed E-state index contributed by atoms with van der Waals surface area (Å²) in [7, 11) is 0. The van der Waals surface area contributed by atoms with E-state index in [1.165, 1.54) is 0 Å². The summed E-state index contributed by atoms with van der Waals surface area (Å²) in [6.07, 6.45) is 2.67. The molecule has 1 rings (SSSR count). The van der Waals surface area contributed by atoms with Gasteiger partial charge in [0.25, 0.3) is 0 Å². The number of guanidine groups is 1. The van der Waals surface area contributed by atoms with Gasteiger partial charge in [-0.3, -0.25) is 9.98 Å². The van der Waals surface area contributed by atoms with Crippen LogP contribution in [0, 0.1) is 5.92 Å². The van der Waals surface area contributed by atoms with Crippen molar-refractivity contribution in [1.82, 2.24) is 15.6 Å². The normalized spacial score (nSPS) is 12.4. The molecular weight excluding hydrogens is 367 g/mol. The number of aliphatic hydroxyl groups excluding tert-OH is 1. The van der Waals surface area contributed by atoms with Crippen LogP contribution in [0.3, 0.4) is 0 Å². The molecule has 0 aliphatic rings. The summed E-state index contributed by atoms with van der Waals surface area (Å²) < 4.78 is 0. The van der Waals surface area contributed by atoms with Crippen LogP contribution in [-0.4, -0.2) is 42.3 Å². The molecule has 0 saturated heterocycles.